The van der Waals surface area contributed by atoms with Crippen LogP contribution in [-0.4, -0.2) is 37.6 Å². The van der Waals surface area contributed by atoms with Gasteiger partial charge in [0.05, 0.1) is 0 Å². The molecule has 2 amide bonds. The van der Waals surface area contributed by atoms with Crippen molar-refractivity contribution in [2.45, 2.75) is 32.2 Å². The Morgan fingerprint density at radius 1 is 1.50 bits per heavy atom. The number of nitrogens with one attached hydrogen (secondary N) is 1. The van der Waals surface area contributed by atoms with Gasteiger partial charge in [-0.15, -0.1) is 0 Å². The Hall–Kier alpha value is -2.08. The summed E-state index contributed by atoms with van der Waals surface area (Å²) in [5, 5.41) is 2.75. The summed E-state index contributed by atoms with van der Waals surface area (Å²) in [6.07, 6.45) is 2.21. The molecule has 1 aromatic carbocycles. The number of ether oxygens (including phenoxy) is 1. The topological polar surface area (TPSA) is 84.7 Å². The maximum absolute atomic E-state index is 11.7. The molecule has 1 heterocycles. The highest BCUT2D eigenvalue weighted by molar-refractivity contribution is 5.95. The molecule has 0 radical (unpaired) electrons. The number of amides is 2. The van der Waals surface area contributed by atoms with Crippen molar-refractivity contribution in [3.05, 3.63) is 24.3 Å². The number of benzene rings is 1. The third kappa shape index (κ3) is 4.73. The van der Waals surface area contributed by atoms with Crippen molar-refractivity contribution in [3.63, 3.8) is 0 Å². The van der Waals surface area contributed by atoms with Gasteiger partial charge >= 0.3 is 0 Å². The van der Waals surface area contributed by atoms with Crippen LogP contribution in [0.25, 0.3) is 0 Å². The Balaban J connectivity index is 1.83. The van der Waals surface area contributed by atoms with Crippen molar-refractivity contribution in [2.75, 3.05) is 24.6 Å². The molecule has 2 rings (SSSR count). The Morgan fingerprint density at radius 2 is 2.32 bits per heavy atom. The molecule has 6 nitrogen and oxygen atoms in total. The lowest BCUT2D eigenvalue weighted by Crippen LogP contribution is -2.32. The van der Waals surface area contributed by atoms with Gasteiger partial charge in [-0.3, -0.25) is 9.59 Å². The van der Waals surface area contributed by atoms with Crippen LogP contribution in [0.15, 0.2) is 24.3 Å². The van der Waals surface area contributed by atoms with E-state index < -0.39 is 0 Å². The molecule has 0 bridgehead atoms. The van der Waals surface area contributed by atoms with Gasteiger partial charge in [0.2, 0.25) is 5.91 Å². The lowest BCUT2D eigenvalue weighted by Gasteiger charge is -2.16. The fraction of sp³-hybridized carbons (Fsp3) is 0.500. The number of carbonyl (C=O) groups is 2. The Kier molecular flexibility index (Phi) is 5.77. The van der Waals surface area contributed by atoms with E-state index in [1.54, 1.807) is 17.0 Å². The van der Waals surface area contributed by atoms with Gasteiger partial charge < -0.3 is 20.7 Å². The lowest BCUT2D eigenvalue weighted by atomic mass is 10.2. The zero-order chi connectivity index (χ0) is 15.9. The second kappa shape index (κ2) is 7.79. The van der Waals surface area contributed by atoms with E-state index in [-0.39, 0.29) is 24.5 Å². The zero-order valence-corrected chi connectivity index (χ0v) is 12.9. The number of hydrogen-bond acceptors (Lipinski definition) is 4. The van der Waals surface area contributed by atoms with Crippen molar-refractivity contribution >= 4 is 17.5 Å². The highest BCUT2D eigenvalue weighted by Gasteiger charge is 2.21. The molecule has 1 fully saturated rings. The minimum Gasteiger partial charge on any atom is -0.484 e. The molecule has 1 aromatic rings. The van der Waals surface area contributed by atoms with Crippen LogP contribution in [-0.2, 0) is 9.59 Å². The second-order valence-electron chi connectivity index (χ2n) is 5.55. The van der Waals surface area contributed by atoms with Crippen molar-refractivity contribution < 1.29 is 14.3 Å². The van der Waals surface area contributed by atoms with Crippen molar-refractivity contribution in [2.24, 2.45) is 5.73 Å². The summed E-state index contributed by atoms with van der Waals surface area (Å²) in [4.78, 5) is 25.1. The average molecular weight is 305 g/mol. The third-order valence-electron chi connectivity index (χ3n) is 3.49. The number of anilines is 1. The van der Waals surface area contributed by atoms with Crippen molar-refractivity contribution in [3.8, 4) is 5.75 Å². The maximum Gasteiger partial charge on any atom is 0.257 e. The van der Waals surface area contributed by atoms with Crippen LogP contribution in [0.3, 0.4) is 0 Å². The molecule has 1 aliphatic heterocycles. The van der Waals surface area contributed by atoms with Gasteiger partial charge in [-0.1, -0.05) is 6.07 Å². The minimum atomic E-state index is -0.177. The molecule has 1 aliphatic rings. The second-order valence-corrected chi connectivity index (χ2v) is 5.55. The molecule has 6 heteroatoms. The van der Waals surface area contributed by atoms with E-state index in [4.69, 9.17) is 10.5 Å². The third-order valence-corrected chi connectivity index (χ3v) is 3.49. The van der Waals surface area contributed by atoms with Gasteiger partial charge in [-0.05, 0) is 31.9 Å². The number of rotatable bonds is 7. The van der Waals surface area contributed by atoms with Crippen LogP contribution in [0.5, 0.6) is 5.75 Å². The fourth-order valence-corrected chi connectivity index (χ4v) is 2.30. The maximum atomic E-state index is 11.7. The predicted molar refractivity (Wildman–Crippen MR) is 84.8 cm³/mol. The molecule has 1 unspecified atom stereocenters. The Morgan fingerprint density at radius 3 is 3.00 bits per heavy atom. The Labute approximate surface area is 130 Å². The molecule has 0 spiro atoms. The van der Waals surface area contributed by atoms with Crippen LogP contribution in [0.2, 0.25) is 0 Å². The first-order valence-corrected chi connectivity index (χ1v) is 7.62. The molecule has 22 heavy (non-hydrogen) atoms. The van der Waals surface area contributed by atoms with E-state index in [2.05, 4.69) is 5.32 Å². The summed E-state index contributed by atoms with van der Waals surface area (Å²) < 4.78 is 5.48. The number of nitrogens with two attached hydrogens (primary N) is 1. The van der Waals surface area contributed by atoms with Gasteiger partial charge in [0.1, 0.15) is 5.75 Å². The van der Waals surface area contributed by atoms with Crippen LogP contribution in [0.1, 0.15) is 26.2 Å². The summed E-state index contributed by atoms with van der Waals surface area (Å²) in [6.45, 7) is 3.13. The molecule has 3 N–H and O–H groups in total. The first kappa shape index (κ1) is 16.3. The Bertz CT molecular complexity index is 531. The van der Waals surface area contributed by atoms with Crippen LogP contribution in [0.4, 0.5) is 5.69 Å². The number of carbonyl (C=O) groups excluding carboxylic acids is 2. The molecular weight excluding hydrogens is 282 g/mol. The zero-order valence-electron chi connectivity index (χ0n) is 12.9. The van der Waals surface area contributed by atoms with E-state index in [0.717, 1.165) is 25.1 Å². The lowest BCUT2D eigenvalue weighted by molar-refractivity contribution is -0.123. The van der Waals surface area contributed by atoms with Crippen LogP contribution >= 0.6 is 0 Å². The highest BCUT2D eigenvalue weighted by atomic mass is 16.5. The summed E-state index contributed by atoms with van der Waals surface area (Å²) in [6, 6.07) is 7.33. The predicted octanol–water partition coefficient (Wildman–Crippen LogP) is 1.05. The van der Waals surface area contributed by atoms with E-state index in [1.165, 1.54) is 0 Å². The largest absolute Gasteiger partial charge is 0.484 e. The average Bonchev–Trinajstić information content (AvgIpc) is 2.91. The first-order chi connectivity index (χ1) is 10.6. The molecule has 1 saturated heterocycles. The SMILES string of the molecule is CC(N)CCNC(=O)COc1cccc(N2CCCC2=O)c1. The normalized spacial score (nSPS) is 15.7. The van der Waals surface area contributed by atoms with E-state index in [9.17, 15) is 9.59 Å². The quantitative estimate of drug-likeness (QED) is 0.788. The molecule has 1 atom stereocenters. The molecule has 0 aliphatic carbocycles. The standard InChI is InChI=1S/C16H23N3O3/c1-12(17)7-8-18-15(20)11-22-14-5-2-4-13(10-14)19-9-3-6-16(19)21/h2,4-5,10,12H,3,6-9,11,17H2,1H3,(H,18,20). The minimum absolute atomic E-state index is 0.0453. The smallest absolute Gasteiger partial charge is 0.257 e. The van der Waals surface area contributed by atoms with Gasteiger partial charge in [-0.2, -0.15) is 0 Å². The van der Waals surface area contributed by atoms with E-state index >= 15 is 0 Å². The summed E-state index contributed by atoms with van der Waals surface area (Å²) >= 11 is 0. The molecule has 0 saturated carbocycles. The molecule has 120 valence electrons. The van der Waals surface area contributed by atoms with Crippen LogP contribution in [0, 0.1) is 0 Å². The number of nitrogens with zero attached hydrogens (tertiary/aromatic N) is 1. The monoisotopic (exact) mass is 305 g/mol. The van der Waals surface area contributed by atoms with Gasteiger partial charge in [-0.25, -0.2) is 0 Å². The highest BCUT2D eigenvalue weighted by Crippen LogP contribution is 2.25. The number of hydrogen-bond donors (Lipinski definition) is 2. The molecular formula is C16H23N3O3. The summed E-state index contributed by atoms with van der Waals surface area (Å²) in [5.41, 5.74) is 6.43. The van der Waals surface area contributed by atoms with Crippen molar-refractivity contribution in [1.82, 2.24) is 5.32 Å². The first-order valence-electron chi connectivity index (χ1n) is 7.62. The van der Waals surface area contributed by atoms with Gasteiger partial charge in [0.25, 0.3) is 5.91 Å². The molecule has 0 aromatic heterocycles. The van der Waals surface area contributed by atoms with E-state index in [0.29, 0.717) is 18.7 Å². The van der Waals surface area contributed by atoms with E-state index in [1.807, 2.05) is 19.1 Å². The van der Waals surface area contributed by atoms with Gasteiger partial charge in [0, 0.05) is 37.3 Å². The summed E-state index contributed by atoms with van der Waals surface area (Å²) in [7, 11) is 0. The van der Waals surface area contributed by atoms with Gasteiger partial charge in [0.15, 0.2) is 6.61 Å². The van der Waals surface area contributed by atoms with Crippen molar-refractivity contribution in [1.29, 1.82) is 0 Å². The van der Waals surface area contributed by atoms with Crippen LogP contribution < -0.4 is 20.7 Å². The summed E-state index contributed by atoms with van der Waals surface area (Å²) in [5.74, 6) is 0.536. The fourth-order valence-electron chi connectivity index (χ4n) is 2.30.